The predicted octanol–water partition coefficient (Wildman–Crippen LogP) is 6.36. The average Bonchev–Trinajstić information content (AvgIpc) is 3.06. The Morgan fingerprint density at radius 1 is 1.07 bits per heavy atom. The van der Waals surface area contributed by atoms with Crippen molar-refractivity contribution in [3.05, 3.63) is 69.7 Å². The lowest BCUT2D eigenvalue weighted by Crippen LogP contribution is -2.36. The number of carbonyl (C=O) groups is 1. The Balaban J connectivity index is 1.80. The Morgan fingerprint density at radius 3 is 2.40 bits per heavy atom. The molecule has 1 amide bonds. The molecule has 2 aromatic carbocycles. The predicted molar refractivity (Wildman–Crippen MR) is 118 cm³/mol. The first-order chi connectivity index (χ1) is 14.4. The van der Waals surface area contributed by atoms with Crippen LogP contribution in [0.15, 0.2) is 42.5 Å². The van der Waals surface area contributed by atoms with E-state index in [-0.39, 0.29) is 17.5 Å². The summed E-state index contributed by atoms with van der Waals surface area (Å²) in [6, 6.07) is 11.7. The first-order valence-electron chi connectivity index (χ1n) is 10.1. The highest BCUT2D eigenvalue weighted by atomic mass is 35.5. The van der Waals surface area contributed by atoms with Gasteiger partial charge in [-0.3, -0.25) is 9.36 Å². The van der Waals surface area contributed by atoms with Crippen molar-refractivity contribution in [3.63, 3.8) is 0 Å². The molecule has 0 saturated heterocycles. The summed E-state index contributed by atoms with van der Waals surface area (Å²) in [6.45, 7) is 1.81. The van der Waals surface area contributed by atoms with Crippen molar-refractivity contribution in [2.45, 2.75) is 45.1 Å². The summed E-state index contributed by atoms with van der Waals surface area (Å²) >= 11 is 12.0. The summed E-state index contributed by atoms with van der Waals surface area (Å²) < 4.78 is 16.5. The lowest BCUT2D eigenvalue weighted by molar-refractivity contribution is 0.0922. The van der Waals surface area contributed by atoms with Gasteiger partial charge in [0, 0.05) is 21.8 Å². The molecule has 156 valence electrons. The Labute approximate surface area is 185 Å². The summed E-state index contributed by atoms with van der Waals surface area (Å²) in [5, 5.41) is 3.99. The molecule has 4 rings (SSSR count). The van der Waals surface area contributed by atoms with E-state index in [1.165, 1.54) is 12.5 Å². The van der Waals surface area contributed by atoms with Gasteiger partial charge < -0.3 is 5.32 Å². The van der Waals surface area contributed by atoms with E-state index in [1.54, 1.807) is 28.8 Å². The largest absolute Gasteiger partial charge is 0.348 e. The fourth-order valence-corrected chi connectivity index (χ4v) is 4.26. The van der Waals surface area contributed by atoms with Crippen LogP contribution >= 0.6 is 23.2 Å². The zero-order valence-corrected chi connectivity index (χ0v) is 18.1. The molecule has 1 heterocycles. The Morgan fingerprint density at radius 2 is 1.73 bits per heavy atom. The van der Waals surface area contributed by atoms with Crippen LogP contribution in [0, 0.1) is 12.7 Å². The minimum absolute atomic E-state index is 0.155. The monoisotopic (exact) mass is 445 g/mol. The molecule has 1 saturated carbocycles. The van der Waals surface area contributed by atoms with Crippen LogP contribution in [-0.2, 0) is 0 Å². The van der Waals surface area contributed by atoms with Crippen LogP contribution < -0.4 is 5.32 Å². The van der Waals surface area contributed by atoms with E-state index >= 15 is 0 Å². The van der Waals surface area contributed by atoms with Crippen molar-refractivity contribution in [3.8, 4) is 17.1 Å². The Bertz CT molecular complexity index is 1070. The highest BCUT2D eigenvalue weighted by Crippen LogP contribution is 2.30. The third-order valence-electron chi connectivity index (χ3n) is 5.52. The van der Waals surface area contributed by atoms with Crippen molar-refractivity contribution in [2.75, 3.05) is 0 Å². The van der Waals surface area contributed by atoms with E-state index in [1.807, 2.05) is 19.1 Å². The van der Waals surface area contributed by atoms with Crippen molar-refractivity contribution < 1.29 is 9.18 Å². The lowest BCUT2D eigenvalue weighted by atomic mass is 9.95. The fraction of sp³-hybridized carbons (Fsp3) is 0.304. The highest BCUT2D eigenvalue weighted by molar-refractivity contribution is 6.30. The number of aromatic nitrogens is 2. The van der Waals surface area contributed by atoms with Crippen LogP contribution in [0.5, 0.6) is 0 Å². The molecular formula is C23H22Cl2FN3O. The second kappa shape index (κ2) is 8.78. The van der Waals surface area contributed by atoms with Crippen LogP contribution in [0.3, 0.4) is 0 Å². The van der Waals surface area contributed by atoms with Crippen LogP contribution in [0.4, 0.5) is 4.39 Å². The van der Waals surface area contributed by atoms with Gasteiger partial charge in [0.05, 0.1) is 11.3 Å². The molecule has 1 aliphatic rings. The molecule has 0 aliphatic heterocycles. The van der Waals surface area contributed by atoms with Gasteiger partial charge in [0.25, 0.3) is 5.91 Å². The molecule has 1 N–H and O–H groups in total. The lowest BCUT2D eigenvalue weighted by Gasteiger charge is -2.22. The molecule has 7 heteroatoms. The molecule has 0 radical (unpaired) electrons. The van der Waals surface area contributed by atoms with E-state index in [2.05, 4.69) is 10.3 Å². The van der Waals surface area contributed by atoms with Gasteiger partial charge in [0.15, 0.2) is 0 Å². The van der Waals surface area contributed by atoms with Crippen molar-refractivity contribution in [2.24, 2.45) is 0 Å². The van der Waals surface area contributed by atoms with Crippen LogP contribution in [0.25, 0.3) is 17.1 Å². The number of halogens is 3. The zero-order chi connectivity index (χ0) is 21.3. The van der Waals surface area contributed by atoms with Crippen LogP contribution in [0.1, 0.15) is 48.3 Å². The maximum absolute atomic E-state index is 14.8. The molecule has 3 aromatic rings. The second-order valence-electron chi connectivity index (χ2n) is 7.61. The van der Waals surface area contributed by atoms with E-state index in [0.717, 1.165) is 31.4 Å². The Hall–Kier alpha value is -2.37. The first-order valence-corrected chi connectivity index (χ1v) is 10.8. The van der Waals surface area contributed by atoms with Crippen LogP contribution in [-0.4, -0.2) is 21.5 Å². The molecule has 0 spiro atoms. The van der Waals surface area contributed by atoms with E-state index in [9.17, 15) is 9.18 Å². The maximum Gasteiger partial charge on any atom is 0.272 e. The number of hydrogen-bond donors (Lipinski definition) is 1. The number of rotatable bonds is 4. The summed E-state index contributed by atoms with van der Waals surface area (Å²) in [5.74, 6) is -0.387. The molecule has 4 nitrogen and oxygen atoms in total. The van der Waals surface area contributed by atoms with E-state index < -0.39 is 5.82 Å². The molecular weight excluding hydrogens is 424 g/mol. The van der Waals surface area contributed by atoms with Crippen molar-refractivity contribution >= 4 is 29.1 Å². The summed E-state index contributed by atoms with van der Waals surface area (Å²) in [5.41, 5.74) is 1.94. The molecule has 0 bridgehead atoms. The van der Waals surface area contributed by atoms with Crippen LogP contribution in [0.2, 0.25) is 10.0 Å². The number of carbonyl (C=O) groups excluding carboxylic acids is 1. The standard InChI is InChI=1S/C23H22Cl2FN3O/c1-14-21(23(30)27-17-5-3-2-4-6-17)28-22(19-12-9-16(25)13-20(19)26)29(14)18-10-7-15(24)8-11-18/h7-13,17H,2-6H2,1H3,(H,27,30). The summed E-state index contributed by atoms with van der Waals surface area (Å²) in [6.07, 6.45) is 5.38. The number of nitrogens with one attached hydrogen (secondary N) is 1. The van der Waals surface area contributed by atoms with Gasteiger partial charge in [-0.15, -0.1) is 0 Å². The van der Waals surface area contributed by atoms with Gasteiger partial charge >= 0.3 is 0 Å². The highest BCUT2D eigenvalue weighted by Gasteiger charge is 2.25. The normalized spacial score (nSPS) is 14.7. The molecule has 1 fully saturated rings. The van der Waals surface area contributed by atoms with Gasteiger partial charge in [-0.25, -0.2) is 9.37 Å². The van der Waals surface area contributed by atoms with Gasteiger partial charge in [0.2, 0.25) is 0 Å². The summed E-state index contributed by atoms with van der Waals surface area (Å²) in [4.78, 5) is 17.6. The minimum Gasteiger partial charge on any atom is -0.348 e. The fourth-order valence-electron chi connectivity index (χ4n) is 3.97. The first kappa shape index (κ1) is 20.9. The number of benzene rings is 2. The maximum atomic E-state index is 14.8. The number of nitrogens with zero attached hydrogens (tertiary/aromatic N) is 2. The quantitative estimate of drug-likeness (QED) is 0.507. The average molecular weight is 446 g/mol. The van der Waals surface area contributed by atoms with Gasteiger partial charge in [0.1, 0.15) is 17.3 Å². The van der Waals surface area contributed by atoms with Crippen molar-refractivity contribution in [1.82, 2.24) is 14.9 Å². The zero-order valence-electron chi connectivity index (χ0n) is 16.6. The number of amides is 1. The molecule has 1 aliphatic carbocycles. The van der Waals surface area contributed by atoms with E-state index in [0.29, 0.717) is 27.3 Å². The Kier molecular flexibility index (Phi) is 6.11. The number of imidazole rings is 1. The topological polar surface area (TPSA) is 46.9 Å². The van der Waals surface area contributed by atoms with Gasteiger partial charge in [-0.2, -0.15) is 0 Å². The molecule has 0 atom stereocenters. The second-order valence-corrected chi connectivity index (χ2v) is 8.49. The molecule has 1 aromatic heterocycles. The van der Waals surface area contributed by atoms with E-state index in [4.69, 9.17) is 23.2 Å². The molecule has 0 unspecified atom stereocenters. The SMILES string of the molecule is Cc1c(C(=O)NC2CCCCC2)nc(-c2ccc(Cl)cc2F)n1-c1ccc(Cl)cc1. The number of hydrogen-bond acceptors (Lipinski definition) is 2. The van der Waals surface area contributed by atoms with Crippen molar-refractivity contribution in [1.29, 1.82) is 0 Å². The van der Waals surface area contributed by atoms with Gasteiger partial charge in [-0.05, 0) is 62.2 Å². The molecule has 30 heavy (non-hydrogen) atoms. The third kappa shape index (κ3) is 4.23. The third-order valence-corrected chi connectivity index (χ3v) is 6.01. The minimum atomic E-state index is -0.498. The van der Waals surface area contributed by atoms with Gasteiger partial charge in [-0.1, -0.05) is 42.5 Å². The summed E-state index contributed by atoms with van der Waals surface area (Å²) in [7, 11) is 0. The smallest absolute Gasteiger partial charge is 0.272 e.